The van der Waals surface area contributed by atoms with Crippen LogP contribution in [0.2, 0.25) is 0 Å². The Morgan fingerprint density at radius 1 is 1.41 bits per heavy atom. The van der Waals surface area contributed by atoms with Crippen molar-refractivity contribution in [3.8, 4) is 6.07 Å². The zero-order valence-corrected chi connectivity index (χ0v) is 10.2. The van der Waals surface area contributed by atoms with Gasteiger partial charge in [0.1, 0.15) is 6.07 Å². The molecule has 0 unspecified atom stereocenters. The van der Waals surface area contributed by atoms with E-state index in [0.29, 0.717) is 17.2 Å². The summed E-state index contributed by atoms with van der Waals surface area (Å²) < 4.78 is 0. The number of hydrogen-bond donors (Lipinski definition) is 2. The maximum absolute atomic E-state index is 11.6. The van der Waals surface area contributed by atoms with Gasteiger partial charge in [0.25, 0.3) is 0 Å². The lowest BCUT2D eigenvalue weighted by atomic mass is 10.2. The normalized spacial score (nSPS) is 10.0. The third-order valence-electron chi connectivity index (χ3n) is 2.16. The summed E-state index contributed by atoms with van der Waals surface area (Å²) in [5.41, 5.74) is 1.04. The first-order valence-electron chi connectivity index (χ1n) is 5.63. The first-order chi connectivity index (χ1) is 8.13. The highest BCUT2D eigenvalue weighted by Crippen LogP contribution is 2.12. The molecule has 0 spiro atoms. The summed E-state index contributed by atoms with van der Waals surface area (Å²) in [5.74, 6) is 0.377. The zero-order valence-electron chi connectivity index (χ0n) is 10.2. The number of amides is 1. The minimum absolute atomic E-state index is 0.131. The van der Waals surface area contributed by atoms with Gasteiger partial charge in [-0.15, -0.1) is 0 Å². The van der Waals surface area contributed by atoms with Crippen molar-refractivity contribution in [3.63, 3.8) is 0 Å². The van der Waals surface area contributed by atoms with Gasteiger partial charge in [0.05, 0.1) is 17.8 Å². The van der Waals surface area contributed by atoms with Crippen molar-refractivity contribution in [2.24, 2.45) is 5.92 Å². The quantitative estimate of drug-likeness (QED) is 0.811. The number of nitriles is 1. The van der Waals surface area contributed by atoms with E-state index in [-0.39, 0.29) is 12.5 Å². The summed E-state index contributed by atoms with van der Waals surface area (Å²) in [4.78, 5) is 11.6. The third kappa shape index (κ3) is 4.66. The SMILES string of the molecule is CC(C)CNCC(=O)Nc1ccccc1C#N. The molecule has 90 valence electrons. The smallest absolute Gasteiger partial charge is 0.238 e. The van der Waals surface area contributed by atoms with Gasteiger partial charge in [-0.2, -0.15) is 5.26 Å². The molecule has 0 aliphatic heterocycles. The van der Waals surface area contributed by atoms with E-state index in [1.165, 1.54) is 0 Å². The standard InChI is InChI=1S/C13H17N3O/c1-10(2)8-15-9-13(17)16-12-6-4-3-5-11(12)7-14/h3-6,10,15H,8-9H2,1-2H3,(H,16,17). The largest absolute Gasteiger partial charge is 0.324 e. The Kier molecular flexibility index (Phi) is 5.18. The van der Waals surface area contributed by atoms with Crippen LogP contribution in [0.3, 0.4) is 0 Å². The average molecular weight is 231 g/mol. The molecule has 1 amide bonds. The van der Waals surface area contributed by atoms with Crippen LogP contribution in [0.5, 0.6) is 0 Å². The Morgan fingerprint density at radius 3 is 2.76 bits per heavy atom. The first-order valence-corrected chi connectivity index (χ1v) is 5.63. The Hall–Kier alpha value is -1.86. The molecule has 0 aromatic heterocycles. The van der Waals surface area contributed by atoms with Gasteiger partial charge in [-0.25, -0.2) is 0 Å². The lowest BCUT2D eigenvalue weighted by molar-refractivity contribution is -0.115. The van der Waals surface area contributed by atoms with Crippen LogP contribution in [0.25, 0.3) is 0 Å². The summed E-state index contributed by atoms with van der Waals surface area (Å²) in [6.07, 6.45) is 0. The predicted molar refractivity (Wildman–Crippen MR) is 67.5 cm³/mol. The van der Waals surface area contributed by atoms with Crippen molar-refractivity contribution >= 4 is 11.6 Å². The van der Waals surface area contributed by atoms with Gasteiger partial charge < -0.3 is 10.6 Å². The number of nitrogens with one attached hydrogen (secondary N) is 2. The van der Waals surface area contributed by atoms with Gasteiger partial charge in [0, 0.05) is 0 Å². The van der Waals surface area contributed by atoms with Crippen LogP contribution in [0.4, 0.5) is 5.69 Å². The predicted octanol–water partition coefficient (Wildman–Crippen LogP) is 1.74. The van der Waals surface area contributed by atoms with E-state index in [2.05, 4.69) is 24.5 Å². The lowest BCUT2D eigenvalue weighted by Gasteiger charge is -2.09. The van der Waals surface area contributed by atoms with Gasteiger partial charge in [-0.1, -0.05) is 26.0 Å². The van der Waals surface area contributed by atoms with Gasteiger partial charge >= 0.3 is 0 Å². The van der Waals surface area contributed by atoms with Gasteiger partial charge in [-0.3, -0.25) is 4.79 Å². The molecule has 0 bridgehead atoms. The van der Waals surface area contributed by atoms with E-state index in [1.54, 1.807) is 24.3 Å². The molecule has 2 N–H and O–H groups in total. The van der Waals surface area contributed by atoms with E-state index < -0.39 is 0 Å². The molecule has 0 aliphatic carbocycles. The van der Waals surface area contributed by atoms with E-state index in [1.807, 2.05) is 6.07 Å². The lowest BCUT2D eigenvalue weighted by Crippen LogP contribution is -2.30. The van der Waals surface area contributed by atoms with Crippen LogP contribution in [0.15, 0.2) is 24.3 Å². The highest BCUT2D eigenvalue weighted by atomic mass is 16.1. The van der Waals surface area contributed by atoms with Crippen LogP contribution in [-0.2, 0) is 4.79 Å². The molecule has 1 aromatic rings. The number of carbonyl (C=O) groups is 1. The number of para-hydroxylation sites is 1. The fraction of sp³-hybridized carbons (Fsp3) is 0.385. The third-order valence-corrected chi connectivity index (χ3v) is 2.16. The van der Waals surface area contributed by atoms with Crippen molar-refractivity contribution < 1.29 is 4.79 Å². The van der Waals surface area contributed by atoms with E-state index in [4.69, 9.17) is 5.26 Å². The molecule has 0 aliphatic rings. The summed E-state index contributed by atoms with van der Waals surface area (Å²) >= 11 is 0. The minimum Gasteiger partial charge on any atom is -0.324 e. The zero-order chi connectivity index (χ0) is 12.7. The first kappa shape index (κ1) is 13.2. The second-order valence-corrected chi connectivity index (χ2v) is 4.23. The molecule has 17 heavy (non-hydrogen) atoms. The van der Waals surface area contributed by atoms with Crippen LogP contribution in [-0.4, -0.2) is 19.0 Å². The molecule has 0 saturated carbocycles. The Morgan fingerprint density at radius 2 is 2.12 bits per heavy atom. The van der Waals surface area contributed by atoms with Crippen molar-refractivity contribution in [1.82, 2.24) is 5.32 Å². The van der Waals surface area contributed by atoms with Gasteiger partial charge in [-0.05, 0) is 24.6 Å². The highest BCUT2D eigenvalue weighted by molar-refractivity contribution is 5.93. The number of anilines is 1. The van der Waals surface area contributed by atoms with Crippen molar-refractivity contribution in [2.75, 3.05) is 18.4 Å². The summed E-state index contributed by atoms with van der Waals surface area (Å²) in [6.45, 7) is 5.22. The minimum atomic E-state index is -0.131. The number of hydrogen-bond acceptors (Lipinski definition) is 3. The molecule has 4 nitrogen and oxygen atoms in total. The summed E-state index contributed by atoms with van der Waals surface area (Å²) in [5, 5.41) is 14.6. The second-order valence-electron chi connectivity index (χ2n) is 4.23. The van der Waals surface area contributed by atoms with Gasteiger partial charge in [0.15, 0.2) is 0 Å². The molecule has 0 saturated heterocycles. The maximum atomic E-state index is 11.6. The molecule has 1 aromatic carbocycles. The summed E-state index contributed by atoms with van der Waals surface area (Å²) in [6, 6.07) is 9.00. The fourth-order valence-corrected chi connectivity index (χ4v) is 1.36. The summed E-state index contributed by atoms with van der Waals surface area (Å²) in [7, 11) is 0. The van der Waals surface area contributed by atoms with Crippen LogP contribution >= 0.6 is 0 Å². The Bertz CT molecular complexity index is 421. The molecule has 4 heteroatoms. The van der Waals surface area contributed by atoms with Crippen molar-refractivity contribution in [2.45, 2.75) is 13.8 Å². The molecular formula is C13H17N3O. The molecule has 0 atom stereocenters. The fourth-order valence-electron chi connectivity index (χ4n) is 1.36. The molecular weight excluding hydrogens is 214 g/mol. The number of rotatable bonds is 5. The van der Waals surface area contributed by atoms with E-state index in [9.17, 15) is 4.79 Å². The van der Waals surface area contributed by atoms with Gasteiger partial charge in [0.2, 0.25) is 5.91 Å². The molecule has 0 heterocycles. The highest BCUT2D eigenvalue weighted by Gasteiger charge is 2.05. The maximum Gasteiger partial charge on any atom is 0.238 e. The van der Waals surface area contributed by atoms with Crippen LogP contribution in [0.1, 0.15) is 19.4 Å². The van der Waals surface area contributed by atoms with E-state index in [0.717, 1.165) is 6.54 Å². The molecule has 0 radical (unpaired) electrons. The van der Waals surface area contributed by atoms with Crippen LogP contribution in [0, 0.1) is 17.2 Å². The molecule has 0 fully saturated rings. The number of carbonyl (C=O) groups excluding carboxylic acids is 1. The van der Waals surface area contributed by atoms with Crippen LogP contribution < -0.4 is 10.6 Å². The number of nitrogens with zero attached hydrogens (tertiary/aromatic N) is 1. The Balaban J connectivity index is 2.48. The monoisotopic (exact) mass is 231 g/mol. The molecule has 1 rings (SSSR count). The van der Waals surface area contributed by atoms with E-state index >= 15 is 0 Å². The van der Waals surface area contributed by atoms with Crippen molar-refractivity contribution in [3.05, 3.63) is 29.8 Å². The topological polar surface area (TPSA) is 64.9 Å². The average Bonchev–Trinajstić information content (AvgIpc) is 2.29. The number of benzene rings is 1. The Labute approximate surface area is 102 Å². The second kappa shape index (κ2) is 6.66. The van der Waals surface area contributed by atoms with Crippen molar-refractivity contribution in [1.29, 1.82) is 5.26 Å².